The zero-order valence-corrected chi connectivity index (χ0v) is 20.9. The number of nitrogens with one attached hydrogen (secondary N) is 3. The number of benzene rings is 2. The molecule has 0 bridgehead atoms. The summed E-state index contributed by atoms with van der Waals surface area (Å²) >= 11 is 0. The molecule has 0 heterocycles. The number of hydrogen-bond acceptors (Lipinski definition) is 4. The normalized spacial score (nSPS) is 18.4. The summed E-state index contributed by atoms with van der Waals surface area (Å²) in [5, 5.41) is 10.2. The fourth-order valence-electron chi connectivity index (χ4n) is 5.09. The second-order valence-corrected chi connectivity index (χ2v) is 9.66. The highest BCUT2D eigenvalue weighted by atomic mass is 16.1. The predicted octanol–water partition coefficient (Wildman–Crippen LogP) is 5.40. The van der Waals surface area contributed by atoms with E-state index < -0.39 is 0 Å². The Morgan fingerprint density at radius 3 is 2.21 bits per heavy atom. The Morgan fingerprint density at radius 1 is 1.00 bits per heavy atom. The Balaban J connectivity index is 1.45. The van der Waals surface area contributed by atoms with Crippen molar-refractivity contribution < 1.29 is 4.79 Å². The van der Waals surface area contributed by atoms with Crippen LogP contribution in [0.4, 0.5) is 0 Å². The summed E-state index contributed by atoms with van der Waals surface area (Å²) in [6, 6.07) is 21.2. The van der Waals surface area contributed by atoms with Crippen LogP contribution >= 0.6 is 0 Å². The highest BCUT2D eigenvalue weighted by molar-refractivity contribution is 5.80. The van der Waals surface area contributed by atoms with E-state index >= 15 is 0 Å². The van der Waals surface area contributed by atoms with Crippen molar-refractivity contribution in [2.75, 3.05) is 20.1 Å². The van der Waals surface area contributed by atoms with Crippen LogP contribution < -0.4 is 16.0 Å². The molecule has 0 radical (unpaired) electrons. The van der Waals surface area contributed by atoms with E-state index in [1.165, 1.54) is 24.0 Å². The van der Waals surface area contributed by atoms with Crippen LogP contribution in [0.2, 0.25) is 0 Å². The van der Waals surface area contributed by atoms with Gasteiger partial charge in [-0.3, -0.25) is 4.79 Å². The fraction of sp³-hybridized carbons (Fsp3) is 0.433. The minimum atomic E-state index is 0.0950. The van der Waals surface area contributed by atoms with E-state index in [2.05, 4.69) is 60.3 Å². The van der Waals surface area contributed by atoms with E-state index in [9.17, 15) is 4.79 Å². The minimum absolute atomic E-state index is 0.0950. The van der Waals surface area contributed by atoms with Crippen LogP contribution in [-0.2, 0) is 4.79 Å². The van der Waals surface area contributed by atoms with Crippen LogP contribution in [0.25, 0.3) is 0 Å². The molecule has 2 aromatic carbocycles. The lowest BCUT2D eigenvalue weighted by atomic mass is 9.86. The molecule has 182 valence electrons. The van der Waals surface area contributed by atoms with Gasteiger partial charge < -0.3 is 16.0 Å². The summed E-state index contributed by atoms with van der Waals surface area (Å²) in [7, 11) is 1.94. The molecule has 2 unspecified atom stereocenters. The Kier molecular flexibility index (Phi) is 9.96. The molecule has 1 aliphatic carbocycles. The van der Waals surface area contributed by atoms with Gasteiger partial charge in [-0.1, -0.05) is 80.7 Å². The Labute approximate surface area is 205 Å². The van der Waals surface area contributed by atoms with Gasteiger partial charge in [0.2, 0.25) is 0 Å². The summed E-state index contributed by atoms with van der Waals surface area (Å²) in [5.74, 6) is 1.37. The molecule has 4 heteroatoms. The van der Waals surface area contributed by atoms with Crippen LogP contribution in [0.5, 0.6) is 0 Å². The van der Waals surface area contributed by atoms with Gasteiger partial charge in [-0.15, -0.1) is 0 Å². The molecule has 0 spiro atoms. The van der Waals surface area contributed by atoms with Crippen molar-refractivity contribution >= 4 is 5.78 Å². The number of hydrogen-bond donors (Lipinski definition) is 3. The average Bonchev–Trinajstić information content (AvgIpc) is 3.31. The Bertz CT molecular complexity index is 885. The highest BCUT2D eigenvalue weighted by Crippen LogP contribution is 2.34. The largest absolute Gasteiger partial charge is 0.388 e. The van der Waals surface area contributed by atoms with Gasteiger partial charge in [-0.2, -0.15) is 0 Å². The lowest BCUT2D eigenvalue weighted by Gasteiger charge is -2.24. The highest BCUT2D eigenvalue weighted by Gasteiger charge is 2.30. The Morgan fingerprint density at radius 2 is 1.62 bits per heavy atom. The van der Waals surface area contributed by atoms with Gasteiger partial charge in [0.25, 0.3) is 0 Å². The van der Waals surface area contributed by atoms with Crippen molar-refractivity contribution in [2.24, 2.45) is 11.8 Å². The maximum absolute atomic E-state index is 12.9. The van der Waals surface area contributed by atoms with E-state index in [4.69, 9.17) is 0 Å². The van der Waals surface area contributed by atoms with Gasteiger partial charge in [0.15, 0.2) is 0 Å². The number of rotatable bonds is 14. The molecular weight excluding hydrogens is 418 g/mol. The second kappa shape index (κ2) is 13.1. The summed E-state index contributed by atoms with van der Waals surface area (Å²) < 4.78 is 0. The van der Waals surface area contributed by atoms with Crippen molar-refractivity contribution in [3.8, 4) is 0 Å². The second-order valence-electron chi connectivity index (χ2n) is 9.66. The predicted molar refractivity (Wildman–Crippen MR) is 143 cm³/mol. The molecule has 0 aromatic heterocycles. The van der Waals surface area contributed by atoms with E-state index in [-0.39, 0.29) is 11.7 Å². The average molecular weight is 460 g/mol. The first-order valence-electron chi connectivity index (χ1n) is 12.6. The zero-order chi connectivity index (χ0) is 24.3. The molecule has 0 aliphatic heterocycles. The summed E-state index contributed by atoms with van der Waals surface area (Å²) in [4.78, 5) is 12.9. The lowest BCUT2D eigenvalue weighted by molar-refractivity contribution is -0.119. The van der Waals surface area contributed by atoms with E-state index in [1.54, 1.807) is 0 Å². The molecule has 1 aliphatic rings. The number of carbonyl (C=O) groups excluding carboxylic acids is 1. The van der Waals surface area contributed by atoms with Crippen LogP contribution in [0, 0.1) is 11.8 Å². The number of allylic oxidation sites excluding steroid dienone is 1. The third-order valence-electron chi connectivity index (χ3n) is 7.12. The summed E-state index contributed by atoms with van der Waals surface area (Å²) in [6.45, 7) is 12.1. The molecule has 3 N–H and O–H groups in total. The summed E-state index contributed by atoms with van der Waals surface area (Å²) in [5.41, 5.74) is 4.49. The maximum Gasteiger partial charge on any atom is 0.135 e. The zero-order valence-electron chi connectivity index (χ0n) is 20.9. The number of ketones is 1. The van der Waals surface area contributed by atoms with Crippen LogP contribution in [0.15, 0.2) is 85.2 Å². The van der Waals surface area contributed by atoms with Crippen molar-refractivity contribution in [2.45, 2.75) is 51.0 Å². The maximum atomic E-state index is 12.9. The van der Waals surface area contributed by atoms with Crippen LogP contribution in [0.1, 0.15) is 56.1 Å². The third kappa shape index (κ3) is 7.59. The first kappa shape index (κ1) is 25.8. The molecule has 2 aromatic rings. The molecule has 0 saturated heterocycles. The van der Waals surface area contributed by atoms with Crippen molar-refractivity contribution in [1.29, 1.82) is 0 Å². The van der Waals surface area contributed by atoms with E-state index in [0.717, 1.165) is 24.4 Å². The first-order valence-corrected chi connectivity index (χ1v) is 12.6. The monoisotopic (exact) mass is 459 g/mol. The van der Waals surface area contributed by atoms with Crippen molar-refractivity contribution in [3.05, 3.63) is 96.3 Å². The fourth-order valence-corrected chi connectivity index (χ4v) is 5.09. The van der Waals surface area contributed by atoms with Crippen molar-refractivity contribution in [3.63, 3.8) is 0 Å². The van der Waals surface area contributed by atoms with Gasteiger partial charge in [0, 0.05) is 49.3 Å². The molecule has 3 rings (SSSR count). The van der Waals surface area contributed by atoms with Gasteiger partial charge in [0.05, 0.1) is 0 Å². The standard InChI is InChI=1S/C30H41N3O/c1-22(21-31-4)33-28-16-15-27(19-28)23(2)24(3)32-18-17-29(34)20-30(25-11-7-5-8-12-25)26-13-9-6-10-14-26/h5-14,23,27-28,30-33H,1,3,15-21H2,2,4H3/t23-,27?,28?/m1/s1. The quantitative estimate of drug-likeness (QED) is 0.354. The number of carbonyl (C=O) groups is 1. The molecule has 34 heavy (non-hydrogen) atoms. The van der Waals surface area contributed by atoms with Gasteiger partial charge in [0.1, 0.15) is 5.78 Å². The molecule has 4 nitrogen and oxygen atoms in total. The minimum Gasteiger partial charge on any atom is -0.388 e. The van der Waals surface area contributed by atoms with Gasteiger partial charge in [-0.25, -0.2) is 0 Å². The molecule has 1 fully saturated rings. The smallest absolute Gasteiger partial charge is 0.135 e. The molecule has 1 saturated carbocycles. The molecule has 0 amide bonds. The molecule has 3 atom stereocenters. The van der Waals surface area contributed by atoms with E-state index in [0.29, 0.717) is 37.3 Å². The van der Waals surface area contributed by atoms with Gasteiger partial charge in [-0.05, 0) is 49.3 Å². The summed E-state index contributed by atoms with van der Waals surface area (Å²) in [6.07, 6.45) is 4.54. The van der Waals surface area contributed by atoms with E-state index in [1.807, 2.05) is 43.4 Å². The molecular formula is C30H41N3O. The topological polar surface area (TPSA) is 53.2 Å². The Hall–Kier alpha value is -2.85. The third-order valence-corrected chi connectivity index (χ3v) is 7.12. The number of likely N-dealkylation sites (N-methyl/N-ethyl adjacent to an activating group) is 1. The van der Waals surface area contributed by atoms with Crippen LogP contribution in [-0.4, -0.2) is 32.0 Å². The number of Topliss-reactive ketones (excluding diaryl/α,β-unsaturated/α-hetero) is 1. The van der Waals surface area contributed by atoms with Crippen LogP contribution in [0.3, 0.4) is 0 Å². The first-order chi connectivity index (χ1) is 16.5. The lowest BCUT2D eigenvalue weighted by Crippen LogP contribution is -2.31. The van der Waals surface area contributed by atoms with Crippen molar-refractivity contribution in [1.82, 2.24) is 16.0 Å². The van der Waals surface area contributed by atoms with Gasteiger partial charge >= 0.3 is 0 Å². The SMILES string of the molecule is C=C(CNC)NC1CCC([C@H](C)C(=C)NCCC(=O)CC(c2ccccc2)c2ccccc2)C1.